The highest BCUT2D eigenvalue weighted by Gasteiger charge is 2.37. The van der Waals surface area contributed by atoms with E-state index in [1.165, 1.54) is 16.0 Å². The Kier molecular flexibility index (Phi) is 9.56. The predicted molar refractivity (Wildman–Crippen MR) is 138 cm³/mol. The molecule has 2 heterocycles. The molecule has 1 atom stereocenters. The topological polar surface area (TPSA) is 166 Å². The first-order valence-electron chi connectivity index (χ1n) is 11.9. The first-order chi connectivity index (χ1) is 17.8. The van der Waals surface area contributed by atoms with Gasteiger partial charge in [-0.25, -0.2) is 14.4 Å². The number of nitrogens with zero attached hydrogens (tertiary/aromatic N) is 1. The van der Waals surface area contributed by atoms with Crippen molar-refractivity contribution in [2.75, 3.05) is 13.1 Å². The zero-order valence-electron chi connectivity index (χ0n) is 20.2. The van der Waals surface area contributed by atoms with Gasteiger partial charge < -0.3 is 26.2 Å². The number of rotatable bonds is 10. The van der Waals surface area contributed by atoms with Crippen LogP contribution in [0.3, 0.4) is 0 Å². The molecule has 37 heavy (non-hydrogen) atoms. The summed E-state index contributed by atoms with van der Waals surface area (Å²) in [7, 11) is 0. The van der Waals surface area contributed by atoms with Gasteiger partial charge in [-0.3, -0.25) is 9.69 Å². The molecule has 3 aromatic rings. The fourth-order valence-electron chi connectivity index (χ4n) is 4.11. The SMILES string of the molecule is NCCc1c[nH]c2ccc(CC3NC(=O)N(CCCc4ccccc4)C3=O)cc12.O=C(O)/C=C\C(=O)O. The summed E-state index contributed by atoms with van der Waals surface area (Å²) in [4.78, 5) is 48.8. The second-order valence-electron chi connectivity index (χ2n) is 8.53. The molecule has 10 heteroatoms. The zero-order chi connectivity index (χ0) is 26.8. The number of hydrogen-bond donors (Lipinski definition) is 5. The molecule has 0 aliphatic carbocycles. The molecule has 1 saturated heterocycles. The van der Waals surface area contributed by atoms with Gasteiger partial charge in [0.2, 0.25) is 0 Å². The third-order valence-corrected chi connectivity index (χ3v) is 5.85. The molecular formula is C27H30N4O6. The van der Waals surface area contributed by atoms with Crippen LogP contribution in [0.5, 0.6) is 0 Å². The maximum Gasteiger partial charge on any atom is 0.328 e. The van der Waals surface area contributed by atoms with Gasteiger partial charge >= 0.3 is 18.0 Å². The second-order valence-corrected chi connectivity index (χ2v) is 8.53. The minimum Gasteiger partial charge on any atom is -0.478 e. The lowest BCUT2D eigenvalue weighted by molar-refractivity contribution is -0.134. The Morgan fingerprint density at radius 1 is 0.973 bits per heavy atom. The van der Waals surface area contributed by atoms with E-state index in [0.29, 0.717) is 31.7 Å². The summed E-state index contributed by atoms with van der Waals surface area (Å²) >= 11 is 0. The van der Waals surface area contributed by atoms with Crippen LogP contribution in [0.25, 0.3) is 10.9 Å². The Morgan fingerprint density at radius 2 is 1.68 bits per heavy atom. The molecule has 6 N–H and O–H groups in total. The van der Waals surface area contributed by atoms with Gasteiger partial charge in [0, 0.05) is 42.2 Å². The van der Waals surface area contributed by atoms with Gasteiger partial charge in [0.15, 0.2) is 0 Å². The molecule has 0 spiro atoms. The van der Waals surface area contributed by atoms with Crippen molar-refractivity contribution in [1.82, 2.24) is 15.2 Å². The smallest absolute Gasteiger partial charge is 0.328 e. The number of H-pyrrole nitrogens is 1. The van der Waals surface area contributed by atoms with Gasteiger partial charge in [-0.1, -0.05) is 36.4 Å². The van der Waals surface area contributed by atoms with Crippen LogP contribution in [-0.4, -0.2) is 63.1 Å². The molecule has 0 radical (unpaired) electrons. The minimum absolute atomic E-state index is 0.139. The van der Waals surface area contributed by atoms with Crippen molar-refractivity contribution in [2.45, 2.75) is 31.7 Å². The molecule has 3 amide bonds. The fourth-order valence-corrected chi connectivity index (χ4v) is 4.11. The van der Waals surface area contributed by atoms with Gasteiger partial charge in [-0.15, -0.1) is 0 Å². The number of benzene rings is 2. The lowest BCUT2D eigenvalue weighted by Crippen LogP contribution is -2.33. The average molecular weight is 507 g/mol. The van der Waals surface area contributed by atoms with E-state index in [4.69, 9.17) is 15.9 Å². The van der Waals surface area contributed by atoms with E-state index in [9.17, 15) is 19.2 Å². The average Bonchev–Trinajstić information content (AvgIpc) is 3.39. The van der Waals surface area contributed by atoms with E-state index in [0.717, 1.165) is 35.7 Å². The van der Waals surface area contributed by atoms with E-state index in [-0.39, 0.29) is 11.9 Å². The van der Waals surface area contributed by atoms with Crippen molar-refractivity contribution < 1.29 is 29.4 Å². The number of amides is 3. The lowest BCUT2D eigenvalue weighted by atomic mass is 10.0. The highest BCUT2D eigenvalue weighted by Crippen LogP contribution is 2.22. The second kappa shape index (κ2) is 13.0. The number of imide groups is 1. The van der Waals surface area contributed by atoms with Crippen LogP contribution in [-0.2, 0) is 33.6 Å². The van der Waals surface area contributed by atoms with Gasteiger partial charge in [0.1, 0.15) is 6.04 Å². The number of aliphatic carboxylic acids is 2. The van der Waals surface area contributed by atoms with Crippen LogP contribution in [0, 0.1) is 0 Å². The van der Waals surface area contributed by atoms with Crippen LogP contribution in [0.1, 0.15) is 23.1 Å². The highest BCUT2D eigenvalue weighted by molar-refractivity contribution is 6.04. The Labute approximate surface area is 213 Å². The maximum atomic E-state index is 12.8. The molecule has 4 rings (SSSR count). The van der Waals surface area contributed by atoms with E-state index >= 15 is 0 Å². The number of nitrogens with two attached hydrogens (primary N) is 1. The summed E-state index contributed by atoms with van der Waals surface area (Å²) in [6, 6.07) is 15.4. The minimum atomic E-state index is -1.26. The lowest BCUT2D eigenvalue weighted by Gasteiger charge is -2.13. The van der Waals surface area contributed by atoms with E-state index in [2.05, 4.69) is 28.5 Å². The van der Waals surface area contributed by atoms with E-state index in [1.807, 2.05) is 36.5 Å². The number of nitrogens with one attached hydrogen (secondary N) is 2. The van der Waals surface area contributed by atoms with Crippen molar-refractivity contribution >= 4 is 34.8 Å². The monoisotopic (exact) mass is 506 g/mol. The van der Waals surface area contributed by atoms with Gasteiger partial charge in [0.05, 0.1) is 0 Å². The van der Waals surface area contributed by atoms with Gasteiger partial charge in [0.25, 0.3) is 5.91 Å². The first kappa shape index (κ1) is 27.2. The number of urea groups is 1. The number of fused-ring (bicyclic) bond motifs is 1. The molecule has 1 aliphatic heterocycles. The third-order valence-electron chi connectivity index (χ3n) is 5.85. The Hall–Kier alpha value is -4.44. The van der Waals surface area contributed by atoms with Crippen molar-refractivity contribution in [3.05, 3.63) is 83.6 Å². The molecule has 1 unspecified atom stereocenters. The maximum absolute atomic E-state index is 12.8. The summed E-state index contributed by atoms with van der Waals surface area (Å²) in [6.07, 6.45) is 5.99. The van der Waals surface area contributed by atoms with Crippen LogP contribution in [0.15, 0.2) is 66.9 Å². The van der Waals surface area contributed by atoms with Crippen LogP contribution in [0.4, 0.5) is 4.79 Å². The largest absolute Gasteiger partial charge is 0.478 e. The van der Waals surface area contributed by atoms with E-state index in [1.54, 1.807) is 0 Å². The molecule has 1 fully saturated rings. The zero-order valence-corrected chi connectivity index (χ0v) is 20.2. The number of hydrogen-bond acceptors (Lipinski definition) is 5. The number of carboxylic acids is 2. The first-order valence-corrected chi connectivity index (χ1v) is 11.9. The van der Waals surface area contributed by atoms with Gasteiger partial charge in [-0.2, -0.15) is 0 Å². The Morgan fingerprint density at radius 3 is 2.32 bits per heavy atom. The number of aromatic amines is 1. The molecule has 194 valence electrons. The molecule has 0 saturated carbocycles. The molecule has 1 aliphatic rings. The summed E-state index contributed by atoms with van der Waals surface area (Å²) in [5, 5.41) is 19.6. The quantitative estimate of drug-likeness (QED) is 0.208. The molecule has 2 aromatic carbocycles. The molecule has 0 bridgehead atoms. The number of carbonyl (C=O) groups excluding carboxylic acids is 2. The molecular weight excluding hydrogens is 476 g/mol. The fraction of sp³-hybridized carbons (Fsp3) is 0.259. The third kappa shape index (κ3) is 7.77. The predicted octanol–water partition coefficient (Wildman–Crippen LogP) is 2.48. The summed E-state index contributed by atoms with van der Waals surface area (Å²) in [5.41, 5.74) is 10.2. The van der Waals surface area contributed by atoms with Crippen LogP contribution >= 0.6 is 0 Å². The summed E-state index contributed by atoms with van der Waals surface area (Å²) in [6.45, 7) is 1.03. The van der Waals surface area contributed by atoms with Crippen molar-refractivity contribution in [3.63, 3.8) is 0 Å². The summed E-state index contributed by atoms with van der Waals surface area (Å²) in [5.74, 6) is -2.65. The number of aryl methyl sites for hydroxylation is 1. The van der Waals surface area contributed by atoms with Gasteiger partial charge in [-0.05, 0) is 54.6 Å². The highest BCUT2D eigenvalue weighted by atomic mass is 16.4. The normalized spacial score (nSPS) is 15.1. The van der Waals surface area contributed by atoms with Crippen molar-refractivity contribution in [1.29, 1.82) is 0 Å². The summed E-state index contributed by atoms with van der Waals surface area (Å²) < 4.78 is 0. The van der Waals surface area contributed by atoms with Crippen molar-refractivity contribution in [3.8, 4) is 0 Å². The standard InChI is InChI=1S/C23H26N4O2.C4H4O4/c24-11-10-18-15-25-20-9-8-17(13-19(18)20)14-21-22(28)27(23(29)26-21)12-4-7-16-5-2-1-3-6-16;5-3(6)1-2-4(7)8/h1-3,5-6,8-9,13,15,21,25H,4,7,10-12,14,24H2,(H,26,29);1-2H,(H,5,6)(H,7,8)/b;2-1-. The van der Waals surface area contributed by atoms with Crippen LogP contribution in [0.2, 0.25) is 0 Å². The number of carboxylic acid groups (broad SMARTS) is 2. The van der Waals surface area contributed by atoms with E-state index < -0.39 is 18.0 Å². The van der Waals surface area contributed by atoms with Crippen molar-refractivity contribution in [2.24, 2.45) is 5.73 Å². The number of aromatic nitrogens is 1. The molecule has 10 nitrogen and oxygen atoms in total. The Balaban J connectivity index is 0.000000414. The number of carbonyl (C=O) groups is 4. The molecule has 1 aromatic heterocycles. The van der Waals surface area contributed by atoms with Crippen LogP contribution < -0.4 is 11.1 Å². The Bertz CT molecular complexity index is 1270.